The van der Waals surface area contributed by atoms with Gasteiger partial charge >= 0.3 is 0 Å². The molecule has 1 aromatic heterocycles. The van der Waals surface area contributed by atoms with Crippen molar-refractivity contribution in [3.05, 3.63) is 64.9 Å². The molecule has 26 heavy (non-hydrogen) atoms. The summed E-state index contributed by atoms with van der Waals surface area (Å²) in [6.07, 6.45) is 0. The Bertz CT molecular complexity index is 864. The molecule has 0 aliphatic heterocycles. The van der Waals surface area contributed by atoms with E-state index in [1.54, 1.807) is 24.3 Å². The molecule has 0 spiro atoms. The highest BCUT2D eigenvalue weighted by atomic mass is 35.5. The summed E-state index contributed by atoms with van der Waals surface area (Å²) in [5, 5.41) is 14.2. The van der Waals surface area contributed by atoms with E-state index < -0.39 is 0 Å². The average molecular weight is 388 g/mol. The Labute approximate surface area is 160 Å². The number of H-pyrrole nitrogens is 1. The number of halogens is 1. The van der Waals surface area contributed by atoms with Gasteiger partial charge < -0.3 is 10.6 Å². The Morgan fingerprint density at radius 3 is 2.54 bits per heavy atom. The van der Waals surface area contributed by atoms with E-state index in [1.165, 1.54) is 17.3 Å². The van der Waals surface area contributed by atoms with Gasteiger partial charge in [-0.1, -0.05) is 41.1 Å². The van der Waals surface area contributed by atoms with Crippen LogP contribution in [0.25, 0.3) is 0 Å². The highest BCUT2D eigenvalue weighted by molar-refractivity contribution is 7.99. The molecule has 0 aliphatic carbocycles. The van der Waals surface area contributed by atoms with Crippen molar-refractivity contribution in [3.63, 3.8) is 0 Å². The molecule has 1 heterocycles. The lowest BCUT2D eigenvalue weighted by molar-refractivity contribution is -0.113. The van der Waals surface area contributed by atoms with Crippen LogP contribution in [0, 0.1) is 6.92 Å². The van der Waals surface area contributed by atoms with Crippen LogP contribution in [0.15, 0.2) is 53.7 Å². The van der Waals surface area contributed by atoms with E-state index in [4.69, 9.17) is 11.6 Å². The first-order valence-electron chi connectivity index (χ1n) is 7.98. The van der Waals surface area contributed by atoms with Crippen LogP contribution in [0.5, 0.6) is 0 Å². The Hall–Kier alpha value is -2.51. The second kappa shape index (κ2) is 8.73. The molecule has 134 valence electrons. The fourth-order valence-corrected chi connectivity index (χ4v) is 2.88. The Morgan fingerprint density at radius 2 is 1.81 bits per heavy atom. The predicted octanol–water partition coefficient (Wildman–Crippen LogP) is 4.11. The van der Waals surface area contributed by atoms with Crippen LogP contribution in [-0.4, -0.2) is 26.8 Å². The van der Waals surface area contributed by atoms with E-state index in [2.05, 4.69) is 25.8 Å². The molecule has 0 saturated carbocycles. The summed E-state index contributed by atoms with van der Waals surface area (Å²) in [5.41, 5.74) is 2.94. The molecule has 0 unspecified atom stereocenters. The third kappa shape index (κ3) is 5.50. The smallest absolute Gasteiger partial charge is 0.234 e. The molecule has 2 aromatic carbocycles. The van der Waals surface area contributed by atoms with E-state index in [-0.39, 0.29) is 11.7 Å². The van der Waals surface area contributed by atoms with Crippen LogP contribution < -0.4 is 10.6 Å². The topological polar surface area (TPSA) is 82.7 Å². The molecular weight excluding hydrogens is 370 g/mol. The van der Waals surface area contributed by atoms with Gasteiger partial charge in [0.15, 0.2) is 0 Å². The highest BCUT2D eigenvalue weighted by Gasteiger charge is 2.08. The Kier molecular flexibility index (Phi) is 6.14. The number of aryl methyl sites for hydroxylation is 1. The lowest BCUT2D eigenvalue weighted by atomic mass is 10.2. The number of aromatic nitrogens is 3. The Morgan fingerprint density at radius 1 is 1.12 bits per heavy atom. The molecule has 8 heteroatoms. The Balaban J connectivity index is 1.45. The van der Waals surface area contributed by atoms with E-state index in [9.17, 15) is 4.79 Å². The zero-order valence-electron chi connectivity index (χ0n) is 14.1. The number of rotatable bonds is 7. The maximum atomic E-state index is 12.0. The third-order valence-corrected chi connectivity index (χ3v) is 4.58. The van der Waals surface area contributed by atoms with Gasteiger partial charge in [-0.25, -0.2) is 4.98 Å². The summed E-state index contributed by atoms with van der Waals surface area (Å²) in [5.74, 6) is 0.818. The number of thioether (sulfide) groups is 1. The summed E-state index contributed by atoms with van der Waals surface area (Å²) >= 11 is 7.10. The molecule has 0 fully saturated rings. The minimum Gasteiger partial charge on any atom is -0.378 e. The number of aromatic amines is 1. The SMILES string of the molecule is Cc1ccc(NCc2nc(SCC(=O)Nc3ccc(Cl)cc3)n[nH]2)cc1. The molecule has 3 N–H and O–H groups in total. The molecule has 0 aliphatic rings. The summed E-state index contributed by atoms with van der Waals surface area (Å²) in [4.78, 5) is 16.3. The number of carbonyl (C=O) groups excluding carboxylic acids is 1. The monoisotopic (exact) mass is 387 g/mol. The first-order chi connectivity index (χ1) is 12.6. The number of amides is 1. The van der Waals surface area contributed by atoms with Gasteiger partial charge in [-0.15, -0.1) is 5.10 Å². The molecule has 0 bridgehead atoms. The highest BCUT2D eigenvalue weighted by Crippen LogP contribution is 2.16. The average Bonchev–Trinajstić information content (AvgIpc) is 3.09. The van der Waals surface area contributed by atoms with Crippen molar-refractivity contribution in [1.82, 2.24) is 15.2 Å². The van der Waals surface area contributed by atoms with E-state index in [1.807, 2.05) is 31.2 Å². The maximum Gasteiger partial charge on any atom is 0.234 e. The minimum atomic E-state index is -0.124. The van der Waals surface area contributed by atoms with Crippen LogP contribution in [0.2, 0.25) is 5.02 Å². The van der Waals surface area contributed by atoms with Gasteiger partial charge in [0, 0.05) is 16.4 Å². The van der Waals surface area contributed by atoms with E-state index in [0.717, 1.165) is 5.69 Å². The van der Waals surface area contributed by atoms with Crippen molar-refractivity contribution in [2.75, 3.05) is 16.4 Å². The number of nitrogens with one attached hydrogen (secondary N) is 3. The number of hydrogen-bond donors (Lipinski definition) is 3. The molecular formula is C18H18ClN5OS. The zero-order valence-corrected chi connectivity index (χ0v) is 15.7. The number of benzene rings is 2. The van der Waals surface area contributed by atoms with Crippen LogP contribution in [0.1, 0.15) is 11.4 Å². The van der Waals surface area contributed by atoms with Gasteiger partial charge in [-0.05, 0) is 43.3 Å². The molecule has 3 rings (SSSR count). The molecule has 0 saturated heterocycles. The van der Waals surface area contributed by atoms with Gasteiger partial charge in [0.05, 0.1) is 12.3 Å². The normalized spacial score (nSPS) is 10.5. The van der Waals surface area contributed by atoms with Gasteiger partial charge in [0.2, 0.25) is 11.1 Å². The van der Waals surface area contributed by atoms with Crippen molar-refractivity contribution >= 4 is 40.6 Å². The van der Waals surface area contributed by atoms with Gasteiger partial charge in [0.1, 0.15) is 5.82 Å². The summed E-state index contributed by atoms with van der Waals surface area (Å²) in [6.45, 7) is 2.58. The standard InChI is InChI=1S/C18H18ClN5OS/c1-12-2-6-14(7-3-12)20-10-16-22-18(24-23-16)26-11-17(25)21-15-8-4-13(19)5-9-15/h2-9,20H,10-11H2,1H3,(H,21,25)(H,22,23,24). The second-order valence-corrected chi connectivity index (χ2v) is 7.01. The van der Waals surface area contributed by atoms with Crippen molar-refractivity contribution in [2.24, 2.45) is 0 Å². The van der Waals surface area contributed by atoms with Crippen LogP contribution in [0.4, 0.5) is 11.4 Å². The quantitative estimate of drug-likeness (QED) is 0.531. The number of anilines is 2. The van der Waals surface area contributed by atoms with Crippen LogP contribution in [-0.2, 0) is 11.3 Å². The van der Waals surface area contributed by atoms with Crippen molar-refractivity contribution in [1.29, 1.82) is 0 Å². The molecule has 6 nitrogen and oxygen atoms in total. The summed E-state index contributed by atoms with van der Waals surface area (Å²) in [6, 6.07) is 15.1. The summed E-state index contributed by atoms with van der Waals surface area (Å²) in [7, 11) is 0. The zero-order chi connectivity index (χ0) is 18.4. The second-order valence-electron chi connectivity index (χ2n) is 5.63. The van der Waals surface area contributed by atoms with E-state index >= 15 is 0 Å². The van der Waals surface area contributed by atoms with Crippen molar-refractivity contribution < 1.29 is 4.79 Å². The maximum absolute atomic E-state index is 12.0. The van der Waals surface area contributed by atoms with Gasteiger partial charge in [-0.3, -0.25) is 9.89 Å². The number of carbonyl (C=O) groups is 1. The lowest BCUT2D eigenvalue weighted by Crippen LogP contribution is -2.13. The van der Waals surface area contributed by atoms with Crippen LogP contribution >= 0.6 is 23.4 Å². The van der Waals surface area contributed by atoms with Crippen LogP contribution in [0.3, 0.4) is 0 Å². The van der Waals surface area contributed by atoms with Crippen molar-refractivity contribution in [2.45, 2.75) is 18.6 Å². The largest absolute Gasteiger partial charge is 0.378 e. The number of hydrogen-bond acceptors (Lipinski definition) is 5. The van der Waals surface area contributed by atoms with Gasteiger partial charge in [0.25, 0.3) is 0 Å². The fraction of sp³-hybridized carbons (Fsp3) is 0.167. The van der Waals surface area contributed by atoms with E-state index in [0.29, 0.717) is 28.2 Å². The van der Waals surface area contributed by atoms with Crippen molar-refractivity contribution in [3.8, 4) is 0 Å². The van der Waals surface area contributed by atoms with Gasteiger partial charge in [-0.2, -0.15) is 0 Å². The molecule has 3 aromatic rings. The molecule has 1 amide bonds. The number of nitrogens with zero attached hydrogens (tertiary/aromatic N) is 2. The minimum absolute atomic E-state index is 0.124. The first-order valence-corrected chi connectivity index (χ1v) is 9.35. The first kappa shape index (κ1) is 18.3. The fourth-order valence-electron chi connectivity index (χ4n) is 2.14. The molecule has 0 radical (unpaired) electrons. The third-order valence-electron chi connectivity index (χ3n) is 3.48. The predicted molar refractivity (Wildman–Crippen MR) is 106 cm³/mol. The molecule has 0 atom stereocenters. The summed E-state index contributed by atoms with van der Waals surface area (Å²) < 4.78 is 0. The lowest BCUT2D eigenvalue weighted by Gasteiger charge is -2.04.